The molecule has 0 aliphatic rings. The molecule has 0 amide bonds. The highest BCUT2D eigenvalue weighted by Crippen LogP contribution is 2.32. The monoisotopic (exact) mass is 385 g/mol. The third-order valence-electron chi connectivity index (χ3n) is 5.24. The molecule has 1 heterocycles. The summed E-state index contributed by atoms with van der Waals surface area (Å²) in [7, 11) is 1.67. The van der Waals surface area contributed by atoms with Crippen LogP contribution in [0.3, 0.4) is 0 Å². The Morgan fingerprint density at radius 3 is 2.24 bits per heavy atom. The minimum atomic E-state index is -0.245. The number of hydrogen-bond donors (Lipinski definition) is 0. The smallest absolute Gasteiger partial charge is 0.202 e. The van der Waals surface area contributed by atoms with Gasteiger partial charge in [0.05, 0.1) is 12.6 Å². The topological polar surface area (TPSA) is 23.4 Å². The fourth-order valence-corrected chi connectivity index (χ4v) is 3.74. The van der Waals surface area contributed by atoms with Gasteiger partial charge in [0.15, 0.2) is 0 Å². The van der Waals surface area contributed by atoms with Crippen LogP contribution in [0.2, 0.25) is 0 Å². The normalized spacial score (nSPS) is 12.1. The van der Waals surface area contributed by atoms with E-state index in [9.17, 15) is 0 Å². The highest BCUT2D eigenvalue weighted by atomic mass is 16.5. The minimum Gasteiger partial charge on any atom is -0.497 e. The lowest BCUT2D eigenvalue weighted by Gasteiger charge is -2.25. The number of fused-ring (bicyclic) bond motifs is 1. The summed E-state index contributed by atoms with van der Waals surface area (Å²) in [6, 6.07) is 27.2. The Morgan fingerprint density at radius 2 is 1.55 bits per heavy atom. The average Bonchev–Trinajstić information content (AvgIpc) is 3.11. The average molecular weight is 386 g/mol. The fourth-order valence-electron chi connectivity index (χ4n) is 3.74. The first-order chi connectivity index (χ1) is 14.2. The van der Waals surface area contributed by atoms with Crippen LogP contribution in [0.5, 0.6) is 11.5 Å². The summed E-state index contributed by atoms with van der Waals surface area (Å²) in [6.07, 6.45) is 1.84. The number of nitrogens with zero attached hydrogens (tertiary/aromatic N) is 1. The van der Waals surface area contributed by atoms with Crippen LogP contribution in [-0.4, -0.2) is 11.7 Å². The molecule has 3 aromatic carbocycles. The van der Waals surface area contributed by atoms with E-state index >= 15 is 0 Å². The van der Waals surface area contributed by atoms with E-state index in [1.54, 1.807) is 7.11 Å². The number of ether oxygens (including phenoxy) is 2. The maximum Gasteiger partial charge on any atom is 0.202 e. The molecular formula is C26H27NO2. The van der Waals surface area contributed by atoms with Crippen molar-refractivity contribution in [2.75, 3.05) is 7.11 Å². The van der Waals surface area contributed by atoms with Gasteiger partial charge in [-0.3, -0.25) is 0 Å². The lowest BCUT2D eigenvalue weighted by molar-refractivity contribution is 0.175. The number of rotatable bonds is 7. The van der Waals surface area contributed by atoms with Gasteiger partial charge in [0.2, 0.25) is 6.23 Å². The van der Waals surface area contributed by atoms with Gasteiger partial charge in [0.25, 0.3) is 0 Å². The third-order valence-corrected chi connectivity index (χ3v) is 5.24. The van der Waals surface area contributed by atoms with Gasteiger partial charge in [-0.25, -0.2) is 0 Å². The second kappa shape index (κ2) is 8.44. The van der Waals surface area contributed by atoms with Crippen molar-refractivity contribution in [1.29, 1.82) is 0 Å². The maximum absolute atomic E-state index is 6.59. The molecule has 1 aromatic heterocycles. The molecule has 0 saturated heterocycles. The number of benzene rings is 3. The summed E-state index contributed by atoms with van der Waals surface area (Å²) in [5.74, 6) is 1.64. The zero-order chi connectivity index (χ0) is 20.2. The van der Waals surface area contributed by atoms with Crippen molar-refractivity contribution in [2.45, 2.75) is 32.9 Å². The van der Waals surface area contributed by atoms with E-state index in [0.29, 0.717) is 0 Å². The van der Waals surface area contributed by atoms with E-state index in [1.165, 1.54) is 22.2 Å². The van der Waals surface area contributed by atoms with Crippen LogP contribution in [0.4, 0.5) is 0 Å². The molecule has 0 fully saturated rings. The second-order valence-corrected chi connectivity index (χ2v) is 7.37. The van der Waals surface area contributed by atoms with Crippen molar-refractivity contribution in [3.63, 3.8) is 0 Å². The molecule has 1 atom stereocenters. The number of para-hydroxylation sites is 1. The van der Waals surface area contributed by atoms with Crippen LogP contribution >= 0.6 is 0 Å². The lowest BCUT2D eigenvalue weighted by Crippen LogP contribution is -2.19. The van der Waals surface area contributed by atoms with Gasteiger partial charge in [-0.05, 0) is 55.1 Å². The summed E-state index contributed by atoms with van der Waals surface area (Å²) in [5, 5.41) is 1.24. The van der Waals surface area contributed by atoms with Crippen molar-refractivity contribution < 1.29 is 9.47 Å². The fraction of sp³-hybridized carbons (Fsp3) is 0.231. The molecule has 0 radical (unpaired) electrons. The SMILES string of the molecule is CCCc1cc2ccccc2n1C(Oc1ccc(OC)cc1)c1ccc(C)cc1. The van der Waals surface area contributed by atoms with E-state index in [4.69, 9.17) is 9.47 Å². The zero-order valence-electron chi connectivity index (χ0n) is 17.3. The van der Waals surface area contributed by atoms with Gasteiger partial charge in [-0.15, -0.1) is 0 Å². The van der Waals surface area contributed by atoms with Crippen LogP contribution in [0.25, 0.3) is 10.9 Å². The summed E-state index contributed by atoms with van der Waals surface area (Å²) in [4.78, 5) is 0. The van der Waals surface area contributed by atoms with E-state index in [1.807, 2.05) is 24.3 Å². The van der Waals surface area contributed by atoms with Gasteiger partial charge < -0.3 is 14.0 Å². The third kappa shape index (κ3) is 4.00. The summed E-state index contributed by atoms with van der Waals surface area (Å²) in [5.41, 5.74) is 4.84. The van der Waals surface area contributed by atoms with Crippen molar-refractivity contribution >= 4 is 10.9 Å². The highest BCUT2D eigenvalue weighted by Gasteiger charge is 2.21. The molecule has 0 N–H and O–H groups in total. The molecule has 148 valence electrons. The number of aromatic nitrogens is 1. The molecule has 3 nitrogen and oxygen atoms in total. The standard InChI is InChI=1S/C26H27NO2/c1-4-7-22-18-21-8-5-6-9-25(21)27(22)26(20-12-10-19(2)11-13-20)29-24-16-14-23(28-3)15-17-24/h5-6,8-18,26H,4,7H2,1-3H3. The van der Waals surface area contributed by atoms with Crippen molar-refractivity contribution in [3.05, 3.63) is 95.7 Å². The molecule has 1 unspecified atom stereocenters. The Hall–Kier alpha value is -3.20. The Labute approximate surface area is 172 Å². The quantitative estimate of drug-likeness (QED) is 0.361. The van der Waals surface area contributed by atoms with Gasteiger partial charge in [-0.2, -0.15) is 0 Å². The summed E-state index contributed by atoms with van der Waals surface area (Å²) < 4.78 is 14.2. The largest absolute Gasteiger partial charge is 0.497 e. The van der Waals surface area contributed by atoms with Crippen LogP contribution in [0.15, 0.2) is 78.9 Å². The second-order valence-electron chi connectivity index (χ2n) is 7.37. The molecule has 3 heteroatoms. The van der Waals surface area contributed by atoms with Gasteiger partial charge >= 0.3 is 0 Å². The molecular weight excluding hydrogens is 358 g/mol. The molecule has 29 heavy (non-hydrogen) atoms. The minimum absolute atomic E-state index is 0.245. The van der Waals surface area contributed by atoms with Crippen molar-refractivity contribution in [2.24, 2.45) is 0 Å². The molecule has 4 rings (SSSR count). The van der Waals surface area contributed by atoms with Crippen molar-refractivity contribution in [3.8, 4) is 11.5 Å². The Balaban J connectivity index is 1.84. The Kier molecular flexibility index (Phi) is 5.57. The highest BCUT2D eigenvalue weighted by molar-refractivity contribution is 5.81. The predicted molar refractivity (Wildman–Crippen MR) is 119 cm³/mol. The first-order valence-electron chi connectivity index (χ1n) is 10.2. The molecule has 0 aliphatic carbocycles. The summed E-state index contributed by atoms with van der Waals surface area (Å²) >= 11 is 0. The van der Waals surface area contributed by atoms with E-state index in [-0.39, 0.29) is 6.23 Å². The number of hydrogen-bond acceptors (Lipinski definition) is 2. The van der Waals surface area contributed by atoms with Gasteiger partial charge in [0, 0.05) is 11.3 Å². The van der Waals surface area contributed by atoms with Crippen LogP contribution in [0.1, 0.15) is 36.4 Å². The Morgan fingerprint density at radius 1 is 0.862 bits per heavy atom. The number of methoxy groups -OCH3 is 1. The maximum atomic E-state index is 6.59. The summed E-state index contributed by atoms with van der Waals surface area (Å²) in [6.45, 7) is 4.32. The van der Waals surface area contributed by atoms with E-state index in [2.05, 4.69) is 73.0 Å². The van der Waals surface area contributed by atoms with Crippen LogP contribution in [0, 0.1) is 6.92 Å². The van der Waals surface area contributed by atoms with Gasteiger partial charge in [-0.1, -0.05) is 61.4 Å². The van der Waals surface area contributed by atoms with E-state index < -0.39 is 0 Å². The predicted octanol–water partition coefficient (Wildman–Crippen LogP) is 6.54. The lowest BCUT2D eigenvalue weighted by atomic mass is 10.1. The first-order valence-corrected chi connectivity index (χ1v) is 10.2. The molecule has 0 bridgehead atoms. The van der Waals surface area contributed by atoms with Gasteiger partial charge in [0.1, 0.15) is 11.5 Å². The van der Waals surface area contributed by atoms with Crippen LogP contribution < -0.4 is 9.47 Å². The zero-order valence-corrected chi connectivity index (χ0v) is 17.3. The van der Waals surface area contributed by atoms with Crippen molar-refractivity contribution in [1.82, 2.24) is 4.57 Å². The van der Waals surface area contributed by atoms with Crippen LogP contribution in [-0.2, 0) is 6.42 Å². The first kappa shape index (κ1) is 19.1. The Bertz CT molecular complexity index is 1080. The number of aryl methyl sites for hydroxylation is 2. The molecule has 4 aromatic rings. The molecule has 0 saturated carbocycles. The molecule has 0 aliphatic heterocycles. The van der Waals surface area contributed by atoms with E-state index in [0.717, 1.165) is 29.9 Å². The molecule has 0 spiro atoms.